The topological polar surface area (TPSA) is 94.8 Å². The number of carbonyl (C=O) groups excluding carboxylic acids is 1. The second-order valence-corrected chi connectivity index (χ2v) is 13.3. The van der Waals surface area contributed by atoms with Crippen molar-refractivity contribution >= 4 is 23.5 Å². The zero-order valence-electron chi connectivity index (χ0n) is 24.6. The standard InChI is InChI=1S/C32H40N6O3S/c1-4-28(39)38-17-16-37(19-23(38)12-14-33)30-26-11-13-32(29(40-3)25-10-6-5-8-22(25)21-42-32)18-27(26)34-31(35-30)41-20-24-9-7-15-36(24)2/h4-6,8,10,23-24,29H,1,7,9,11-13,15-21H2,2-3H3/t23?,24?,29?,32-/m1/s1. The molecule has 4 atom stereocenters. The van der Waals surface area contributed by atoms with Crippen molar-refractivity contribution in [2.45, 2.75) is 67.2 Å². The maximum absolute atomic E-state index is 12.6. The van der Waals surface area contributed by atoms with Crippen LogP contribution in [0.2, 0.25) is 0 Å². The van der Waals surface area contributed by atoms with Crippen LogP contribution in [0, 0.1) is 11.3 Å². The Hall–Kier alpha value is -3.13. The lowest BCUT2D eigenvalue weighted by molar-refractivity contribution is -0.128. The number of likely N-dealkylation sites (N-methyl/N-ethyl adjacent to an activating group) is 1. The van der Waals surface area contributed by atoms with E-state index in [9.17, 15) is 10.1 Å². The van der Waals surface area contributed by atoms with E-state index in [2.05, 4.69) is 53.8 Å². The van der Waals surface area contributed by atoms with Gasteiger partial charge < -0.3 is 24.2 Å². The molecule has 4 heterocycles. The number of nitrogens with zero attached hydrogens (tertiary/aromatic N) is 6. The molecular formula is C32H40N6O3S. The van der Waals surface area contributed by atoms with Gasteiger partial charge in [0.1, 0.15) is 12.4 Å². The van der Waals surface area contributed by atoms with Crippen LogP contribution in [0.3, 0.4) is 0 Å². The molecule has 1 aromatic heterocycles. The number of amides is 1. The number of benzene rings is 1. The van der Waals surface area contributed by atoms with Crippen LogP contribution in [0.25, 0.3) is 0 Å². The lowest BCUT2D eigenvalue weighted by atomic mass is 9.79. The number of methoxy groups -OCH3 is 1. The Morgan fingerprint density at radius 1 is 1.26 bits per heavy atom. The monoisotopic (exact) mass is 588 g/mol. The molecule has 9 nitrogen and oxygen atoms in total. The first-order valence-electron chi connectivity index (χ1n) is 15.0. The number of piperazine rings is 1. The first kappa shape index (κ1) is 29.0. The number of rotatable bonds is 7. The molecule has 0 N–H and O–H groups in total. The van der Waals surface area contributed by atoms with Crippen molar-refractivity contribution < 1.29 is 14.3 Å². The quantitative estimate of drug-likeness (QED) is 0.446. The zero-order chi connectivity index (χ0) is 29.3. The maximum atomic E-state index is 12.6. The van der Waals surface area contributed by atoms with Gasteiger partial charge in [-0.2, -0.15) is 15.2 Å². The molecule has 0 saturated carbocycles. The molecule has 1 aromatic carbocycles. The van der Waals surface area contributed by atoms with E-state index in [1.807, 2.05) is 18.9 Å². The van der Waals surface area contributed by atoms with Crippen LogP contribution in [-0.4, -0.2) is 89.4 Å². The largest absolute Gasteiger partial charge is 0.462 e. The fourth-order valence-corrected chi connectivity index (χ4v) is 8.78. The van der Waals surface area contributed by atoms with Crippen LogP contribution >= 0.6 is 11.8 Å². The van der Waals surface area contributed by atoms with Crippen molar-refractivity contribution in [2.24, 2.45) is 0 Å². The van der Waals surface area contributed by atoms with Gasteiger partial charge in [0.2, 0.25) is 5.91 Å². The molecule has 1 aliphatic carbocycles. The maximum Gasteiger partial charge on any atom is 0.318 e. The Kier molecular flexibility index (Phi) is 8.44. The number of hydrogen-bond acceptors (Lipinski definition) is 9. The molecule has 3 unspecified atom stereocenters. The normalized spacial score (nSPS) is 27.3. The highest BCUT2D eigenvalue weighted by atomic mass is 32.2. The summed E-state index contributed by atoms with van der Waals surface area (Å²) in [6.45, 7) is 6.98. The average molecular weight is 589 g/mol. The van der Waals surface area contributed by atoms with Gasteiger partial charge in [0.25, 0.3) is 0 Å². The molecule has 222 valence electrons. The number of anilines is 1. The van der Waals surface area contributed by atoms with Crippen LogP contribution in [0.15, 0.2) is 36.9 Å². The smallest absolute Gasteiger partial charge is 0.318 e. The van der Waals surface area contributed by atoms with Crippen molar-refractivity contribution in [3.8, 4) is 12.1 Å². The predicted octanol–water partition coefficient (Wildman–Crippen LogP) is 3.93. The number of fused-ring (bicyclic) bond motifs is 2. The number of nitriles is 1. The molecule has 1 spiro atoms. The van der Waals surface area contributed by atoms with Crippen molar-refractivity contribution in [3.63, 3.8) is 0 Å². The number of carbonyl (C=O) groups is 1. The summed E-state index contributed by atoms with van der Waals surface area (Å²) in [7, 11) is 3.97. The number of likely N-dealkylation sites (tertiary alicyclic amines) is 1. The second-order valence-electron chi connectivity index (χ2n) is 11.9. The number of aromatic nitrogens is 2. The zero-order valence-corrected chi connectivity index (χ0v) is 25.4. The lowest BCUT2D eigenvalue weighted by Crippen LogP contribution is -2.55. The molecule has 0 bridgehead atoms. The van der Waals surface area contributed by atoms with Crippen LogP contribution in [0.4, 0.5) is 5.82 Å². The summed E-state index contributed by atoms with van der Waals surface area (Å²) < 4.78 is 12.4. The Balaban J connectivity index is 1.34. The van der Waals surface area contributed by atoms with Crippen molar-refractivity contribution in [1.82, 2.24) is 19.8 Å². The summed E-state index contributed by atoms with van der Waals surface area (Å²) in [5, 5.41) is 9.54. The van der Waals surface area contributed by atoms with E-state index in [-0.39, 0.29) is 29.2 Å². The molecule has 2 fully saturated rings. The molecule has 10 heteroatoms. The fraction of sp³-hybridized carbons (Fsp3) is 0.562. The Bertz CT molecular complexity index is 1380. The van der Waals surface area contributed by atoms with Crippen LogP contribution < -0.4 is 9.64 Å². The first-order valence-corrected chi connectivity index (χ1v) is 16.0. The van der Waals surface area contributed by atoms with E-state index in [1.165, 1.54) is 23.6 Å². The molecule has 2 aromatic rings. The summed E-state index contributed by atoms with van der Waals surface area (Å²) in [6.07, 6.45) is 6.42. The van der Waals surface area contributed by atoms with Gasteiger partial charge in [-0.15, -0.1) is 11.8 Å². The third kappa shape index (κ3) is 5.38. The second kappa shape index (κ2) is 12.2. The molecular weight excluding hydrogens is 548 g/mol. The third-order valence-corrected chi connectivity index (χ3v) is 11.1. The Morgan fingerprint density at radius 2 is 2.12 bits per heavy atom. The van der Waals surface area contributed by atoms with E-state index < -0.39 is 0 Å². The summed E-state index contributed by atoms with van der Waals surface area (Å²) in [6, 6.07) is 11.4. The van der Waals surface area contributed by atoms with Gasteiger partial charge in [-0.1, -0.05) is 30.8 Å². The van der Waals surface area contributed by atoms with Gasteiger partial charge in [-0.25, -0.2) is 0 Å². The van der Waals surface area contributed by atoms with E-state index in [0.717, 1.165) is 55.1 Å². The van der Waals surface area contributed by atoms with E-state index >= 15 is 0 Å². The minimum atomic E-state index is -0.227. The van der Waals surface area contributed by atoms with Gasteiger partial charge in [0.05, 0.1) is 35.1 Å². The fourth-order valence-electron chi connectivity index (χ4n) is 7.22. The highest BCUT2D eigenvalue weighted by molar-refractivity contribution is 8.00. The average Bonchev–Trinajstić information content (AvgIpc) is 3.43. The summed E-state index contributed by atoms with van der Waals surface area (Å²) in [5.74, 6) is 1.70. The Labute approximate surface area is 252 Å². The molecule has 4 aliphatic rings. The van der Waals surface area contributed by atoms with Crippen LogP contribution in [0.1, 0.15) is 54.2 Å². The van der Waals surface area contributed by atoms with Crippen LogP contribution in [0.5, 0.6) is 6.01 Å². The van der Waals surface area contributed by atoms with Gasteiger partial charge in [-0.05, 0) is 56.5 Å². The van der Waals surface area contributed by atoms with E-state index in [0.29, 0.717) is 38.3 Å². The molecule has 1 amide bonds. The van der Waals surface area contributed by atoms with Crippen molar-refractivity contribution in [3.05, 3.63) is 59.3 Å². The SMILES string of the molecule is C=CC(=O)N1CCN(c2nc(OCC3CCCN3C)nc3c2CC[C@]2(C3)SCc3ccccc3C2OC)CC1CC#N. The highest BCUT2D eigenvalue weighted by Gasteiger charge is 2.48. The van der Waals surface area contributed by atoms with Crippen LogP contribution in [-0.2, 0) is 28.1 Å². The molecule has 2 saturated heterocycles. The number of ether oxygens (including phenoxy) is 2. The Morgan fingerprint density at radius 3 is 2.88 bits per heavy atom. The van der Waals surface area contributed by atoms with Crippen molar-refractivity contribution in [2.75, 3.05) is 51.8 Å². The molecule has 0 radical (unpaired) electrons. The van der Waals surface area contributed by atoms with Gasteiger partial charge >= 0.3 is 6.01 Å². The molecule has 3 aliphatic heterocycles. The minimum absolute atomic E-state index is 0.0241. The summed E-state index contributed by atoms with van der Waals surface area (Å²) >= 11 is 1.98. The predicted molar refractivity (Wildman–Crippen MR) is 164 cm³/mol. The van der Waals surface area contributed by atoms with Gasteiger partial charge in [0, 0.05) is 50.5 Å². The number of hydrogen-bond donors (Lipinski definition) is 0. The molecule has 6 rings (SSSR count). The third-order valence-electron chi connectivity index (χ3n) is 9.52. The first-order chi connectivity index (χ1) is 20.5. The van der Waals surface area contributed by atoms with Gasteiger partial charge in [0.15, 0.2) is 0 Å². The number of thioether (sulfide) groups is 1. The molecule has 42 heavy (non-hydrogen) atoms. The van der Waals surface area contributed by atoms with E-state index in [1.54, 1.807) is 4.90 Å². The van der Waals surface area contributed by atoms with E-state index in [4.69, 9.17) is 19.4 Å². The lowest BCUT2D eigenvalue weighted by Gasteiger charge is -2.47. The summed E-state index contributed by atoms with van der Waals surface area (Å²) in [4.78, 5) is 29.0. The van der Waals surface area contributed by atoms with Crippen molar-refractivity contribution in [1.29, 1.82) is 5.26 Å². The summed E-state index contributed by atoms with van der Waals surface area (Å²) in [5.41, 5.74) is 4.80. The minimum Gasteiger partial charge on any atom is -0.462 e. The van der Waals surface area contributed by atoms with Gasteiger partial charge in [-0.3, -0.25) is 4.79 Å². The highest BCUT2D eigenvalue weighted by Crippen LogP contribution is 2.54.